The van der Waals surface area contributed by atoms with Gasteiger partial charge in [0.1, 0.15) is 5.82 Å². The van der Waals surface area contributed by atoms with E-state index < -0.39 is 0 Å². The van der Waals surface area contributed by atoms with Gasteiger partial charge in [-0.3, -0.25) is 25.4 Å². The van der Waals surface area contributed by atoms with Gasteiger partial charge in [0.05, 0.1) is 6.42 Å². The topological polar surface area (TPSA) is 71.1 Å². The fraction of sp³-hybridized carbons (Fsp3) is 0.235. The van der Waals surface area contributed by atoms with Gasteiger partial charge in [0.15, 0.2) is 0 Å². The molecule has 5 nitrogen and oxygen atoms in total. The first-order valence-corrected chi connectivity index (χ1v) is 7.37. The average molecular weight is 313 g/mol. The molecule has 0 unspecified atom stereocenters. The highest BCUT2D eigenvalue weighted by atomic mass is 19.1. The minimum absolute atomic E-state index is 0.117. The van der Waals surface area contributed by atoms with Crippen LogP contribution in [-0.2, 0) is 16.0 Å². The summed E-state index contributed by atoms with van der Waals surface area (Å²) >= 11 is 0. The Balaban J connectivity index is 1.48. The second-order valence-corrected chi connectivity index (χ2v) is 5.54. The number of rotatable bonds is 4. The first-order valence-electron chi connectivity index (χ1n) is 7.37. The molecule has 0 aliphatic heterocycles. The van der Waals surface area contributed by atoms with E-state index in [1.165, 1.54) is 6.07 Å². The Morgan fingerprint density at radius 1 is 1.13 bits per heavy atom. The Kier molecular flexibility index (Phi) is 4.32. The number of nitrogens with one attached hydrogen (secondary N) is 2. The molecule has 6 heteroatoms. The Hall–Kier alpha value is -2.76. The van der Waals surface area contributed by atoms with Crippen molar-refractivity contribution in [2.45, 2.75) is 18.8 Å². The first-order chi connectivity index (χ1) is 11.1. The number of benzene rings is 1. The summed E-state index contributed by atoms with van der Waals surface area (Å²) in [6.45, 7) is 0. The molecule has 1 aliphatic rings. The van der Waals surface area contributed by atoms with Crippen molar-refractivity contribution in [3.8, 4) is 0 Å². The van der Waals surface area contributed by atoms with E-state index in [1.54, 1.807) is 42.7 Å². The number of carbonyl (C=O) groups excluding carboxylic acids is 2. The molecule has 23 heavy (non-hydrogen) atoms. The van der Waals surface area contributed by atoms with E-state index >= 15 is 0 Å². The van der Waals surface area contributed by atoms with Crippen molar-refractivity contribution in [2.24, 2.45) is 5.92 Å². The number of hydrogen-bond acceptors (Lipinski definition) is 3. The third kappa shape index (κ3) is 3.71. The second kappa shape index (κ2) is 6.56. The number of hydrazine groups is 1. The van der Waals surface area contributed by atoms with E-state index in [0.29, 0.717) is 12.0 Å². The van der Waals surface area contributed by atoms with Crippen LogP contribution in [0.15, 0.2) is 48.8 Å². The van der Waals surface area contributed by atoms with Crippen molar-refractivity contribution in [3.05, 3.63) is 65.7 Å². The Morgan fingerprint density at radius 2 is 1.87 bits per heavy atom. The van der Waals surface area contributed by atoms with Crippen LogP contribution >= 0.6 is 0 Å². The van der Waals surface area contributed by atoms with Crippen LogP contribution in [0.2, 0.25) is 0 Å². The number of halogens is 1. The van der Waals surface area contributed by atoms with E-state index in [2.05, 4.69) is 15.8 Å². The van der Waals surface area contributed by atoms with Crippen molar-refractivity contribution in [3.63, 3.8) is 0 Å². The van der Waals surface area contributed by atoms with Crippen LogP contribution in [0.3, 0.4) is 0 Å². The van der Waals surface area contributed by atoms with Gasteiger partial charge in [-0.15, -0.1) is 0 Å². The third-order valence-electron chi connectivity index (χ3n) is 3.87. The molecule has 2 atom stereocenters. The lowest BCUT2D eigenvalue weighted by Crippen LogP contribution is -2.43. The minimum atomic E-state index is -0.312. The predicted octanol–water partition coefficient (Wildman–Crippen LogP) is 1.71. The zero-order valence-corrected chi connectivity index (χ0v) is 12.3. The molecular weight excluding hydrogens is 297 g/mol. The molecule has 0 radical (unpaired) electrons. The highest BCUT2D eigenvalue weighted by molar-refractivity contribution is 5.86. The van der Waals surface area contributed by atoms with Crippen molar-refractivity contribution in [1.29, 1.82) is 0 Å². The van der Waals surface area contributed by atoms with Crippen molar-refractivity contribution >= 4 is 11.8 Å². The van der Waals surface area contributed by atoms with Gasteiger partial charge in [0.25, 0.3) is 0 Å². The fourth-order valence-corrected chi connectivity index (χ4v) is 2.56. The van der Waals surface area contributed by atoms with Gasteiger partial charge in [-0.2, -0.15) is 0 Å². The lowest BCUT2D eigenvalue weighted by molar-refractivity contribution is -0.129. The summed E-state index contributed by atoms with van der Waals surface area (Å²) in [5, 5.41) is 0. The molecule has 1 fully saturated rings. The van der Waals surface area contributed by atoms with Crippen molar-refractivity contribution < 1.29 is 14.0 Å². The Morgan fingerprint density at radius 3 is 2.61 bits per heavy atom. The molecule has 2 N–H and O–H groups in total. The summed E-state index contributed by atoms with van der Waals surface area (Å²) in [5.74, 6) is -1.31. The van der Waals surface area contributed by atoms with Gasteiger partial charge in [-0.1, -0.05) is 18.2 Å². The largest absolute Gasteiger partial charge is 0.273 e. The zero-order valence-electron chi connectivity index (χ0n) is 12.3. The van der Waals surface area contributed by atoms with Crippen LogP contribution in [0.1, 0.15) is 23.5 Å². The number of hydrogen-bond donors (Lipinski definition) is 2. The van der Waals surface area contributed by atoms with Crippen LogP contribution in [0.5, 0.6) is 0 Å². The van der Waals surface area contributed by atoms with Crippen LogP contribution in [-0.4, -0.2) is 16.8 Å². The van der Waals surface area contributed by atoms with E-state index in [4.69, 9.17) is 0 Å². The molecular formula is C17H16FN3O2. The van der Waals surface area contributed by atoms with Crippen molar-refractivity contribution in [2.75, 3.05) is 0 Å². The molecule has 118 valence electrons. The Bertz CT molecular complexity index is 721. The van der Waals surface area contributed by atoms with Gasteiger partial charge in [-0.25, -0.2) is 4.39 Å². The number of amides is 2. The van der Waals surface area contributed by atoms with E-state index in [0.717, 1.165) is 5.56 Å². The summed E-state index contributed by atoms with van der Waals surface area (Å²) in [7, 11) is 0. The normalized spacial score (nSPS) is 19.0. The van der Waals surface area contributed by atoms with E-state index in [1.807, 2.05) is 0 Å². The average Bonchev–Trinajstić information content (AvgIpc) is 3.34. The predicted molar refractivity (Wildman–Crippen MR) is 81.5 cm³/mol. The lowest BCUT2D eigenvalue weighted by Gasteiger charge is -2.07. The smallest absolute Gasteiger partial charge is 0.242 e. The summed E-state index contributed by atoms with van der Waals surface area (Å²) < 4.78 is 13.7. The zero-order chi connectivity index (χ0) is 16.2. The molecule has 0 saturated heterocycles. The summed E-state index contributed by atoms with van der Waals surface area (Å²) in [6.07, 6.45) is 3.95. The number of nitrogens with zero attached hydrogens (tertiary/aromatic N) is 1. The molecule has 2 amide bonds. The first kappa shape index (κ1) is 15.1. The highest BCUT2D eigenvalue weighted by Crippen LogP contribution is 2.48. The molecule has 1 aromatic carbocycles. The summed E-state index contributed by atoms with van der Waals surface area (Å²) in [6, 6.07) is 9.92. The quantitative estimate of drug-likeness (QED) is 0.844. The van der Waals surface area contributed by atoms with Crippen LogP contribution in [0.25, 0.3) is 0 Å². The van der Waals surface area contributed by atoms with Gasteiger partial charge < -0.3 is 0 Å². The molecule has 1 heterocycles. The van der Waals surface area contributed by atoms with Crippen molar-refractivity contribution in [1.82, 2.24) is 15.8 Å². The van der Waals surface area contributed by atoms with Crippen LogP contribution in [0.4, 0.5) is 4.39 Å². The summed E-state index contributed by atoms with van der Waals surface area (Å²) in [4.78, 5) is 27.6. The fourth-order valence-electron chi connectivity index (χ4n) is 2.56. The molecule has 3 rings (SSSR count). The van der Waals surface area contributed by atoms with E-state index in [9.17, 15) is 14.0 Å². The maximum absolute atomic E-state index is 13.7. The maximum atomic E-state index is 13.7. The van der Waals surface area contributed by atoms with Crippen LogP contribution in [0, 0.1) is 11.7 Å². The Labute approximate surface area is 132 Å². The van der Waals surface area contributed by atoms with Crippen LogP contribution < -0.4 is 10.9 Å². The molecule has 1 aliphatic carbocycles. The molecule has 1 aromatic heterocycles. The number of carbonyl (C=O) groups is 2. The van der Waals surface area contributed by atoms with Gasteiger partial charge in [-0.05, 0) is 41.7 Å². The minimum Gasteiger partial charge on any atom is -0.273 e. The third-order valence-corrected chi connectivity index (χ3v) is 3.87. The molecule has 0 spiro atoms. The SMILES string of the molecule is O=C(Cc1ccncc1)NNC(=O)[C@H]1C[C@@H]1c1ccccc1F. The van der Waals surface area contributed by atoms with Gasteiger partial charge >= 0.3 is 0 Å². The monoisotopic (exact) mass is 313 g/mol. The maximum Gasteiger partial charge on any atom is 0.242 e. The number of pyridine rings is 1. The standard InChI is InChI=1S/C17H16FN3O2/c18-15-4-2-1-3-12(15)13-10-14(13)17(23)21-20-16(22)9-11-5-7-19-8-6-11/h1-8,13-14H,9-10H2,(H,20,22)(H,21,23)/t13-,14+/m1/s1. The summed E-state index contributed by atoms with van der Waals surface area (Å²) in [5.41, 5.74) is 6.15. The lowest BCUT2D eigenvalue weighted by atomic mass is 10.1. The van der Waals surface area contributed by atoms with E-state index in [-0.39, 0.29) is 35.9 Å². The molecule has 1 saturated carbocycles. The second-order valence-electron chi connectivity index (χ2n) is 5.54. The molecule has 2 aromatic rings. The van der Waals surface area contributed by atoms with Gasteiger partial charge in [0.2, 0.25) is 11.8 Å². The highest BCUT2D eigenvalue weighted by Gasteiger charge is 2.45. The van der Waals surface area contributed by atoms with Gasteiger partial charge in [0, 0.05) is 18.3 Å². The molecule has 0 bridgehead atoms. The number of aromatic nitrogens is 1.